The Labute approximate surface area is 121 Å². The van der Waals surface area contributed by atoms with Crippen LogP contribution in [0.15, 0.2) is 28.6 Å². The second kappa shape index (κ2) is 6.03. The maximum Gasteiger partial charge on any atom is 0.174 e. The fourth-order valence-corrected chi connectivity index (χ4v) is 4.58. The zero-order chi connectivity index (χ0) is 13.1. The second-order valence-electron chi connectivity index (χ2n) is 4.76. The predicted molar refractivity (Wildman–Crippen MR) is 81.8 cm³/mol. The molecule has 0 spiro atoms. The van der Waals surface area contributed by atoms with Crippen molar-refractivity contribution in [2.45, 2.75) is 29.4 Å². The third-order valence-corrected chi connectivity index (χ3v) is 5.71. The van der Waals surface area contributed by atoms with E-state index in [1.54, 1.807) is 11.3 Å². The van der Waals surface area contributed by atoms with Crippen molar-refractivity contribution in [3.63, 3.8) is 0 Å². The molecular weight excluding hydrogens is 274 g/mol. The lowest BCUT2D eigenvalue weighted by Crippen LogP contribution is -2.29. The highest BCUT2D eigenvalue weighted by molar-refractivity contribution is 8.01. The lowest BCUT2D eigenvalue weighted by atomic mass is 10.1. The van der Waals surface area contributed by atoms with Crippen LogP contribution in [-0.2, 0) is 0 Å². The van der Waals surface area contributed by atoms with Gasteiger partial charge in [-0.15, -0.1) is 10.2 Å². The standard InChI is InChI=1S/C14H17N3S2/c1-10-4-2-3-5-12(10)13-16-17-14(19-13)18-11-6-8-15-9-7-11/h2-5,11,15H,6-9H2,1H3. The van der Waals surface area contributed by atoms with Crippen molar-refractivity contribution in [3.05, 3.63) is 29.8 Å². The smallest absolute Gasteiger partial charge is 0.174 e. The number of hydrogen-bond acceptors (Lipinski definition) is 5. The Morgan fingerprint density at radius 3 is 2.79 bits per heavy atom. The summed E-state index contributed by atoms with van der Waals surface area (Å²) in [6.45, 7) is 4.37. The summed E-state index contributed by atoms with van der Waals surface area (Å²) in [6, 6.07) is 8.36. The summed E-state index contributed by atoms with van der Waals surface area (Å²) >= 11 is 3.60. The van der Waals surface area contributed by atoms with Crippen LogP contribution in [0, 0.1) is 6.92 Å². The van der Waals surface area contributed by atoms with Crippen molar-refractivity contribution in [3.8, 4) is 10.6 Å². The van der Waals surface area contributed by atoms with Crippen molar-refractivity contribution >= 4 is 23.1 Å². The minimum atomic E-state index is 0.693. The van der Waals surface area contributed by atoms with Gasteiger partial charge in [0.15, 0.2) is 4.34 Å². The lowest BCUT2D eigenvalue weighted by molar-refractivity contribution is 0.531. The molecule has 3 nitrogen and oxygen atoms in total. The highest BCUT2D eigenvalue weighted by atomic mass is 32.2. The Kier molecular flexibility index (Phi) is 4.15. The van der Waals surface area contributed by atoms with E-state index in [0.29, 0.717) is 5.25 Å². The zero-order valence-electron chi connectivity index (χ0n) is 10.9. The lowest BCUT2D eigenvalue weighted by Gasteiger charge is -2.20. The van der Waals surface area contributed by atoms with Gasteiger partial charge in [-0.2, -0.15) is 0 Å². The number of nitrogens with zero attached hydrogens (tertiary/aromatic N) is 2. The molecule has 1 N–H and O–H groups in total. The van der Waals surface area contributed by atoms with Crippen LogP contribution in [0.25, 0.3) is 10.6 Å². The van der Waals surface area contributed by atoms with E-state index in [0.717, 1.165) is 22.4 Å². The molecule has 1 fully saturated rings. The summed E-state index contributed by atoms with van der Waals surface area (Å²) in [7, 11) is 0. The first-order valence-corrected chi connectivity index (χ1v) is 8.29. The average Bonchev–Trinajstić information content (AvgIpc) is 2.89. The van der Waals surface area contributed by atoms with Crippen molar-refractivity contribution < 1.29 is 0 Å². The minimum absolute atomic E-state index is 0.693. The highest BCUT2D eigenvalue weighted by Gasteiger charge is 2.17. The van der Waals surface area contributed by atoms with Crippen LogP contribution < -0.4 is 5.32 Å². The molecule has 1 aromatic carbocycles. The van der Waals surface area contributed by atoms with Crippen LogP contribution >= 0.6 is 23.1 Å². The van der Waals surface area contributed by atoms with E-state index >= 15 is 0 Å². The molecular formula is C14H17N3S2. The zero-order valence-corrected chi connectivity index (χ0v) is 12.6. The Balaban J connectivity index is 1.74. The summed E-state index contributed by atoms with van der Waals surface area (Å²) in [6.07, 6.45) is 2.45. The largest absolute Gasteiger partial charge is 0.317 e. The van der Waals surface area contributed by atoms with Gasteiger partial charge in [0, 0.05) is 10.8 Å². The molecule has 19 heavy (non-hydrogen) atoms. The number of rotatable bonds is 3. The molecule has 0 bridgehead atoms. The van der Waals surface area contributed by atoms with Crippen LogP contribution in [0.2, 0.25) is 0 Å². The first-order chi connectivity index (χ1) is 9.33. The predicted octanol–water partition coefficient (Wildman–Crippen LogP) is 3.36. The van der Waals surface area contributed by atoms with Gasteiger partial charge in [-0.1, -0.05) is 47.4 Å². The molecule has 3 rings (SSSR count). The molecule has 1 aromatic heterocycles. The molecule has 100 valence electrons. The van der Waals surface area contributed by atoms with E-state index in [9.17, 15) is 0 Å². The van der Waals surface area contributed by atoms with E-state index in [1.165, 1.54) is 24.0 Å². The summed E-state index contributed by atoms with van der Waals surface area (Å²) in [5, 5.41) is 13.8. The number of piperidine rings is 1. The van der Waals surface area contributed by atoms with Gasteiger partial charge in [0.05, 0.1) is 0 Å². The SMILES string of the molecule is Cc1ccccc1-c1nnc(SC2CCNCC2)s1. The van der Waals surface area contributed by atoms with E-state index < -0.39 is 0 Å². The van der Waals surface area contributed by atoms with E-state index in [2.05, 4.69) is 46.7 Å². The van der Waals surface area contributed by atoms with Gasteiger partial charge in [0.2, 0.25) is 0 Å². The summed E-state index contributed by atoms with van der Waals surface area (Å²) in [4.78, 5) is 0. The molecule has 0 atom stereocenters. The Hall–Kier alpha value is -0.910. The molecule has 1 aliphatic rings. The summed E-state index contributed by atoms with van der Waals surface area (Å²) in [5.74, 6) is 0. The summed E-state index contributed by atoms with van der Waals surface area (Å²) < 4.78 is 1.10. The molecule has 0 radical (unpaired) electrons. The number of benzene rings is 1. The van der Waals surface area contributed by atoms with Crippen LogP contribution in [0.5, 0.6) is 0 Å². The van der Waals surface area contributed by atoms with Gasteiger partial charge in [0.25, 0.3) is 0 Å². The van der Waals surface area contributed by atoms with Crippen LogP contribution in [0.4, 0.5) is 0 Å². The average molecular weight is 291 g/mol. The molecule has 0 amide bonds. The summed E-state index contributed by atoms with van der Waals surface area (Å²) in [5.41, 5.74) is 2.47. The van der Waals surface area contributed by atoms with E-state index in [1.807, 2.05) is 11.8 Å². The van der Waals surface area contributed by atoms with Gasteiger partial charge < -0.3 is 5.32 Å². The Morgan fingerprint density at radius 2 is 2.00 bits per heavy atom. The third-order valence-electron chi connectivity index (χ3n) is 3.34. The number of thioether (sulfide) groups is 1. The topological polar surface area (TPSA) is 37.8 Å². The first kappa shape index (κ1) is 13.1. The Bertz CT molecular complexity index is 547. The van der Waals surface area contributed by atoms with Crippen LogP contribution in [0.1, 0.15) is 18.4 Å². The van der Waals surface area contributed by atoms with Crippen molar-refractivity contribution in [1.82, 2.24) is 15.5 Å². The van der Waals surface area contributed by atoms with Gasteiger partial charge in [-0.3, -0.25) is 0 Å². The second-order valence-corrected chi connectivity index (χ2v) is 7.28. The maximum atomic E-state index is 4.34. The molecule has 5 heteroatoms. The van der Waals surface area contributed by atoms with Crippen molar-refractivity contribution in [2.75, 3.05) is 13.1 Å². The van der Waals surface area contributed by atoms with Crippen LogP contribution in [-0.4, -0.2) is 28.5 Å². The molecule has 1 saturated heterocycles. The fourth-order valence-electron chi connectivity index (χ4n) is 2.23. The minimum Gasteiger partial charge on any atom is -0.317 e. The number of aryl methyl sites for hydroxylation is 1. The van der Waals surface area contributed by atoms with Gasteiger partial charge in [-0.25, -0.2) is 0 Å². The molecule has 0 unspecified atom stereocenters. The number of aromatic nitrogens is 2. The maximum absolute atomic E-state index is 4.34. The highest BCUT2D eigenvalue weighted by Crippen LogP contribution is 2.35. The van der Waals surface area contributed by atoms with Crippen LogP contribution in [0.3, 0.4) is 0 Å². The van der Waals surface area contributed by atoms with E-state index in [-0.39, 0.29) is 0 Å². The number of nitrogens with one attached hydrogen (secondary N) is 1. The first-order valence-electron chi connectivity index (χ1n) is 6.60. The third kappa shape index (κ3) is 3.16. The quantitative estimate of drug-likeness (QED) is 0.941. The number of hydrogen-bond donors (Lipinski definition) is 1. The fraction of sp³-hybridized carbons (Fsp3) is 0.429. The molecule has 2 aromatic rings. The van der Waals surface area contributed by atoms with E-state index in [4.69, 9.17) is 0 Å². The van der Waals surface area contributed by atoms with Gasteiger partial charge in [-0.05, 0) is 38.4 Å². The molecule has 0 aliphatic carbocycles. The normalized spacial score (nSPS) is 16.7. The van der Waals surface area contributed by atoms with Gasteiger partial charge in [0.1, 0.15) is 5.01 Å². The van der Waals surface area contributed by atoms with Crippen molar-refractivity contribution in [2.24, 2.45) is 0 Å². The van der Waals surface area contributed by atoms with Gasteiger partial charge >= 0.3 is 0 Å². The molecule has 2 heterocycles. The molecule has 0 saturated carbocycles. The monoisotopic (exact) mass is 291 g/mol. The van der Waals surface area contributed by atoms with Crippen molar-refractivity contribution in [1.29, 1.82) is 0 Å². The Morgan fingerprint density at radius 1 is 1.21 bits per heavy atom. The molecule has 1 aliphatic heterocycles.